The molecule has 0 aliphatic carbocycles. The van der Waals surface area contributed by atoms with Gasteiger partial charge in [0.2, 0.25) is 15.9 Å². The van der Waals surface area contributed by atoms with Crippen molar-refractivity contribution >= 4 is 33.4 Å². The predicted molar refractivity (Wildman–Crippen MR) is 86.1 cm³/mol. The molecule has 0 aromatic heterocycles. The zero-order valence-electron chi connectivity index (χ0n) is 12.5. The fourth-order valence-electron chi connectivity index (χ4n) is 2.41. The number of anilines is 1. The SMILES string of the molecule is CS(=O)(=O)N1CCC(C(=O)Nc2ccc(SC(F)F)cc2)CC1. The molecule has 1 fully saturated rings. The first-order chi connectivity index (χ1) is 10.8. The Morgan fingerprint density at radius 3 is 2.30 bits per heavy atom. The molecule has 1 saturated heterocycles. The van der Waals surface area contributed by atoms with Crippen molar-refractivity contribution in [1.82, 2.24) is 4.31 Å². The summed E-state index contributed by atoms with van der Waals surface area (Å²) in [5.74, 6) is -2.90. The van der Waals surface area contributed by atoms with E-state index in [9.17, 15) is 22.0 Å². The zero-order chi connectivity index (χ0) is 17.0. The fourth-order valence-corrected chi connectivity index (χ4v) is 3.79. The number of halogens is 2. The number of hydrogen-bond donors (Lipinski definition) is 1. The molecule has 1 aliphatic heterocycles. The Labute approximate surface area is 138 Å². The van der Waals surface area contributed by atoms with Crippen molar-refractivity contribution < 1.29 is 22.0 Å². The van der Waals surface area contributed by atoms with Gasteiger partial charge in [-0.15, -0.1) is 0 Å². The summed E-state index contributed by atoms with van der Waals surface area (Å²) in [5.41, 5.74) is 0.541. The number of rotatable bonds is 5. The summed E-state index contributed by atoms with van der Waals surface area (Å²) in [7, 11) is -3.21. The second-order valence-corrected chi connectivity index (χ2v) is 8.37. The average molecular weight is 364 g/mol. The number of nitrogens with one attached hydrogen (secondary N) is 1. The molecular formula is C14H18F2N2O3S2. The van der Waals surface area contributed by atoms with Crippen LogP contribution in [-0.4, -0.2) is 43.7 Å². The molecule has 2 rings (SSSR count). The standard InChI is InChI=1S/C14H18F2N2O3S2/c1-23(20,21)18-8-6-10(7-9-18)13(19)17-11-2-4-12(5-3-11)22-14(15)16/h2-5,10,14H,6-9H2,1H3,(H,17,19). The van der Waals surface area contributed by atoms with Crippen LogP contribution in [0.3, 0.4) is 0 Å². The number of benzene rings is 1. The van der Waals surface area contributed by atoms with E-state index in [1.807, 2.05) is 0 Å². The topological polar surface area (TPSA) is 66.5 Å². The van der Waals surface area contributed by atoms with Gasteiger partial charge in [0, 0.05) is 29.6 Å². The first kappa shape index (κ1) is 18.2. The Bertz CT molecular complexity index is 642. The maximum atomic E-state index is 12.2. The molecular weight excluding hydrogens is 346 g/mol. The number of piperidine rings is 1. The predicted octanol–water partition coefficient (Wildman–Crippen LogP) is 2.61. The maximum Gasteiger partial charge on any atom is 0.288 e. The highest BCUT2D eigenvalue weighted by atomic mass is 32.2. The zero-order valence-corrected chi connectivity index (χ0v) is 14.2. The quantitative estimate of drug-likeness (QED) is 0.816. The number of nitrogens with zero attached hydrogens (tertiary/aromatic N) is 1. The summed E-state index contributed by atoms with van der Waals surface area (Å²) in [6.07, 6.45) is 2.10. The maximum absolute atomic E-state index is 12.2. The molecule has 128 valence electrons. The van der Waals surface area contributed by atoms with Crippen molar-refractivity contribution in [2.45, 2.75) is 23.5 Å². The van der Waals surface area contributed by atoms with Gasteiger partial charge in [0.25, 0.3) is 5.76 Å². The second-order valence-electron chi connectivity index (χ2n) is 5.33. The molecule has 1 aromatic carbocycles. The molecule has 0 radical (unpaired) electrons. The van der Waals surface area contributed by atoms with E-state index in [0.717, 1.165) is 6.26 Å². The summed E-state index contributed by atoms with van der Waals surface area (Å²) in [5, 5.41) is 2.74. The van der Waals surface area contributed by atoms with Gasteiger partial charge in [-0.3, -0.25) is 4.79 Å². The van der Waals surface area contributed by atoms with E-state index in [0.29, 0.717) is 48.3 Å². The minimum absolute atomic E-state index is 0.174. The van der Waals surface area contributed by atoms with E-state index >= 15 is 0 Å². The van der Waals surface area contributed by atoms with Gasteiger partial charge >= 0.3 is 0 Å². The van der Waals surface area contributed by atoms with Crippen molar-refractivity contribution in [3.05, 3.63) is 24.3 Å². The summed E-state index contributed by atoms with van der Waals surface area (Å²) in [4.78, 5) is 12.6. The van der Waals surface area contributed by atoms with E-state index in [2.05, 4.69) is 5.32 Å². The van der Waals surface area contributed by atoms with Crippen molar-refractivity contribution in [2.24, 2.45) is 5.92 Å². The van der Waals surface area contributed by atoms with Crippen LogP contribution in [0.15, 0.2) is 29.2 Å². The lowest BCUT2D eigenvalue weighted by Crippen LogP contribution is -2.40. The summed E-state index contributed by atoms with van der Waals surface area (Å²) in [6, 6.07) is 6.21. The fraction of sp³-hybridized carbons (Fsp3) is 0.500. The lowest BCUT2D eigenvalue weighted by Gasteiger charge is -2.29. The summed E-state index contributed by atoms with van der Waals surface area (Å²) >= 11 is 0.448. The number of hydrogen-bond acceptors (Lipinski definition) is 4. The molecule has 1 amide bonds. The number of carbonyl (C=O) groups excluding carboxylic acids is 1. The van der Waals surface area contributed by atoms with Gasteiger partial charge in [0.15, 0.2) is 0 Å². The Kier molecular flexibility index (Phi) is 5.99. The molecule has 1 heterocycles. The van der Waals surface area contributed by atoms with Crippen LogP contribution in [0.25, 0.3) is 0 Å². The van der Waals surface area contributed by atoms with Crippen LogP contribution >= 0.6 is 11.8 Å². The highest BCUT2D eigenvalue weighted by molar-refractivity contribution is 7.99. The van der Waals surface area contributed by atoms with Crippen LogP contribution in [0.4, 0.5) is 14.5 Å². The first-order valence-electron chi connectivity index (χ1n) is 7.06. The molecule has 1 N–H and O–H groups in total. The van der Waals surface area contributed by atoms with E-state index in [-0.39, 0.29) is 11.8 Å². The molecule has 1 aliphatic rings. The summed E-state index contributed by atoms with van der Waals surface area (Å²) in [6.45, 7) is 0.668. The van der Waals surface area contributed by atoms with Gasteiger partial charge in [0.05, 0.1) is 6.26 Å². The molecule has 9 heteroatoms. The Hall–Kier alpha value is -1.19. The Morgan fingerprint density at radius 2 is 1.83 bits per heavy atom. The lowest BCUT2D eigenvalue weighted by atomic mass is 9.97. The van der Waals surface area contributed by atoms with Gasteiger partial charge in [-0.2, -0.15) is 8.78 Å². The van der Waals surface area contributed by atoms with Gasteiger partial charge in [-0.05, 0) is 37.1 Å². The molecule has 1 aromatic rings. The number of thioether (sulfide) groups is 1. The monoisotopic (exact) mass is 364 g/mol. The van der Waals surface area contributed by atoms with Crippen LogP contribution in [-0.2, 0) is 14.8 Å². The van der Waals surface area contributed by atoms with Crippen LogP contribution in [0.2, 0.25) is 0 Å². The van der Waals surface area contributed by atoms with Crippen LogP contribution in [0.1, 0.15) is 12.8 Å². The normalized spacial score (nSPS) is 17.4. The van der Waals surface area contributed by atoms with Crippen LogP contribution < -0.4 is 5.32 Å². The van der Waals surface area contributed by atoms with Crippen LogP contribution in [0, 0.1) is 5.92 Å². The van der Waals surface area contributed by atoms with E-state index in [1.165, 1.54) is 16.4 Å². The number of carbonyl (C=O) groups is 1. The van der Waals surface area contributed by atoms with Crippen molar-refractivity contribution in [3.63, 3.8) is 0 Å². The number of amides is 1. The lowest BCUT2D eigenvalue weighted by molar-refractivity contribution is -0.120. The molecule has 0 atom stereocenters. The van der Waals surface area contributed by atoms with Crippen molar-refractivity contribution in [1.29, 1.82) is 0 Å². The Balaban J connectivity index is 1.88. The van der Waals surface area contributed by atoms with Gasteiger partial charge in [0.1, 0.15) is 0 Å². The number of alkyl halides is 2. The molecule has 0 saturated carbocycles. The molecule has 0 bridgehead atoms. The second kappa shape index (κ2) is 7.59. The van der Waals surface area contributed by atoms with Crippen molar-refractivity contribution in [3.8, 4) is 0 Å². The van der Waals surface area contributed by atoms with E-state index in [4.69, 9.17) is 0 Å². The summed E-state index contributed by atoms with van der Waals surface area (Å²) < 4.78 is 48.7. The molecule has 0 spiro atoms. The molecule has 0 unspecified atom stereocenters. The average Bonchev–Trinajstić information content (AvgIpc) is 2.48. The molecule has 5 nitrogen and oxygen atoms in total. The third kappa shape index (κ3) is 5.43. The van der Waals surface area contributed by atoms with Crippen LogP contribution in [0.5, 0.6) is 0 Å². The Morgan fingerprint density at radius 1 is 1.26 bits per heavy atom. The number of sulfonamides is 1. The highest BCUT2D eigenvalue weighted by Crippen LogP contribution is 2.27. The van der Waals surface area contributed by atoms with Gasteiger partial charge < -0.3 is 5.32 Å². The van der Waals surface area contributed by atoms with Gasteiger partial charge in [-0.25, -0.2) is 12.7 Å². The third-order valence-electron chi connectivity index (χ3n) is 3.64. The smallest absolute Gasteiger partial charge is 0.288 e. The van der Waals surface area contributed by atoms with Crippen molar-refractivity contribution in [2.75, 3.05) is 24.7 Å². The first-order valence-corrected chi connectivity index (χ1v) is 9.79. The van der Waals surface area contributed by atoms with Gasteiger partial charge in [-0.1, -0.05) is 11.8 Å². The minimum Gasteiger partial charge on any atom is -0.326 e. The molecule has 23 heavy (non-hydrogen) atoms. The van der Waals surface area contributed by atoms with E-state index in [1.54, 1.807) is 12.1 Å². The third-order valence-corrected chi connectivity index (χ3v) is 5.67. The highest BCUT2D eigenvalue weighted by Gasteiger charge is 2.28. The van der Waals surface area contributed by atoms with E-state index < -0.39 is 15.8 Å². The largest absolute Gasteiger partial charge is 0.326 e. The minimum atomic E-state index is -3.21.